The van der Waals surface area contributed by atoms with Crippen molar-refractivity contribution in [3.05, 3.63) is 12.7 Å². The number of unbranched alkanes of at least 4 members (excludes halogenated alkanes) is 26. The van der Waals surface area contributed by atoms with Crippen molar-refractivity contribution in [1.29, 1.82) is 0 Å². The van der Waals surface area contributed by atoms with Gasteiger partial charge in [-0.15, -0.1) is 4.79 Å². The molecule has 0 rings (SSSR count). The van der Waals surface area contributed by atoms with Crippen LogP contribution in [0.25, 0.3) is 0 Å². The first-order valence-corrected chi connectivity index (χ1v) is 21.3. The van der Waals surface area contributed by atoms with E-state index >= 15 is 0 Å². The summed E-state index contributed by atoms with van der Waals surface area (Å²) in [7, 11) is 2.73. The van der Waals surface area contributed by atoms with Crippen LogP contribution >= 0.6 is 11.8 Å². The van der Waals surface area contributed by atoms with Crippen LogP contribution in [-0.4, -0.2) is 43.4 Å². The standard InChI is InChI=1S/C20H40O2S.C16H34S.C4H5O2/c1-3-4-5-6-7-8-9-10-11-12-13-14-15-16-18-23-19-17-20(21)22-2;1-2-3-4-5-6-7-8-9-10-11-12-13-14-15-16-17;1-3-4(5)6-2/h3-19H2,1-2H3;17H,2-16H2,1H3;1,3H,2H3/q;;+1/p+1. The molecule has 46 heavy (non-hydrogen) atoms. The minimum absolute atomic E-state index is 0.0848. The number of thioether (sulfide) groups is 1. The van der Waals surface area contributed by atoms with Gasteiger partial charge >= 0.3 is 11.9 Å². The van der Waals surface area contributed by atoms with E-state index in [2.05, 4.69) is 42.5 Å². The van der Waals surface area contributed by atoms with E-state index in [9.17, 15) is 9.59 Å². The highest BCUT2D eigenvalue weighted by atomic mass is 32.2. The Morgan fingerprint density at radius 3 is 1.11 bits per heavy atom. The first kappa shape index (κ1) is 49.7. The van der Waals surface area contributed by atoms with Gasteiger partial charge in [0.1, 0.15) is 12.9 Å². The Labute approximate surface area is 298 Å². The fourth-order valence-corrected chi connectivity index (χ4v) is 6.32. The molecule has 0 bridgehead atoms. The lowest BCUT2D eigenvalue weighted by atomic mass is 10.0. The van der Waals surface area contributed by atoms with E-state index in [1.807, 2.05) is 11.8 Å². The van der Waals surface area contributed by atoms with E-state index in [0.717, 1.165) is 11.8 Å². The van der Waals surface area contributed by atoms with Crippen LogP contribution in [0.3, 0.4) is 0 Å². The first-order chi connectivity index (χ1) is 22.5. The van der Waals surface area contributed by atoms with E-state index in [1.165, 1.54) is 206 Å². The Morgan fingerprint density at radius 1 is 0.522 bits per heavy atom. The summed E-state index contributed by atoms with van der Waals surface area (Å²) in [6.07, 6.45) is 41.4. The molecular weight excluding hydrogens is 609 g/mol. The molecule has 0 fully saturated rings. The minimum Gasteiger partial charge on any atom is -0.469 e. The van der Waals surface area contributed by atoms with E-state index in [0.29, 0.717) is 6.42 Å². The molecule has 0 aromatic carbocycles. The third-order valence-corrected chi connectivity index (χ3v) is 9.61. The molecule has 0 aliphatic heterocycles. The van der Waals surface area contributed by atoms with Gasteiger partial charge < -0.3 is 9.47 Å². The van der Waals surface area contributed by atoms with Crippen LogP contribution in [0.5, 0.6) is 0 Å². The largest absolute Gasteiger partial charge is 0.483 e. The Kier molecular flexibility index (Phi) is 52.6. The molecule has 0 aromatic heterocycles. The van der Waals surface area contributed by atoms with Gasteiger partial charge in [-0.1, -0.05) is 174 Å². The summed E-state index contributed by atoms with van der Waals surface area (Å²) in [5.41, 5.74) is 0. The topological polar surface area (TPSA) is 52.6 Å². The highest BCUT2D eigenvalue weighted by Crippen LogP contribution is 2.15. The average molecular weight is 689 g/mol. The average Bonchev–Trinajstić information content (AvgIpc) is 3.08. The van der Waals surface area contributed by atoms with Crippen LogP contribution in [0.15, 0.2) is 6.08 Å². The summed E-state index contributed by atoms with van der Waals surface area (Å²) in [6.45, 7) is 9.25. The lowest BCUT2D eigenvalue weighted by Gasteiger charge is -2.03. The number of hydrogen-bond donors (Lipinski definition) is 0. The number of ether oxygens (including phenoxy) is 2. The van der Waals surface area contributed by atoms with Crippen LogP contribution in [-0.2, 0) is 31.7 Å². The molecule has 0 heterocycles. The van der Waals surface area contributed by atoms with Crippen molar-refractivity contribution < 1.29 is 19.1 Å². The van der Waals surface area contributed by atoms with Gasteiger partial charge in [0.15, 0.2) is 0 Å². The zero-order valence-corrected chi connectivity index (χ0v) is 33.1. The van der Waals surface area contributed by atoms with Gasteiger partial charge in [0.2, 0.25) is 6.08 Å². The lowest BCUT2D eigenvalue weighted by molar-refractivity contribution is -0.140. The zero-order chi connectivity index (χ0) is 34.6. The predicted molar refractivity (Wildman–Crippen MR) is 210 cm³/mol. The summed E-state index contributed by atoms with van der Waals surface area (Å²) in [6, 6.07) is 0. The van der Waals surface area contributed by atoms with Crippen LogP contribution < -0.4 is 0 Å². The number of rotatable bonds is 33. The Morgan fingerprint density at radius 2 is 0.848 bits per heavy atom. The third-order valence-electron chi connectivity index (χ3n) is 8.19. The molecule has 0 aliphatic rings. The van der Waals surface area contributed by atoms with Gasteiger partial charge in [0.25, 0.3) is 0 Å². The molecule has 0 radical (unpaired) electrons. The molecule has 0 unspecified atom stereocenters. The van der Waals surface area contributed by atoms with Crippen molar-refractivity contribution in [2.24, 2.45) is 0 Å². The summed E-state index contributed by atoms with van der Waals surface area (Å²) >= 11 is 5.41. The van der Waals surface area contributed by atoms with Crippen molar-refractivity contribution in [1.82, 2.24) is 0 Å². The number of methoxy groups -OCH3 is 2. The molecule has 0 amide bonds. The van der Waals surface area contributed by atoms with Crippen molar-refractivity contribution in [3.8, 4) is 0 Å². The van der Waals surface area contributed by atoms with Gasteiger partial charge in [0, 0.05) is 5.75 Å². The maximum atomic E-state index is 10.9. The number of carbonyl (C=O) groups excluding carboxylic acids is 2. The van der Waals surface area contributed by atoms with Crippen molar-refractivity contribution in [2.45, 2.75) is 200 Å². The molecule has 0 saturated heterocycles. The number of hydrogen-bond acceptors (Lipinski definition) is 5. The Bertz CT molecular complexity index is 572. The predicted octanol–water partition coefficient (Wildman–Crippen LogP) is 12.4. The smallest absolute Gasteiger partial charge is 0.469 e. The van der Waals surface area contributed by atoms with Crippen molar-refractivity contribution in [2.75, 3.05) is 31.5 Å². The Hall–Kier alpha value is -0.710. The van der Waals surface area contributed by atoms with Gasteiger partial charge in [-0.2, -0.15) is 11.8 Å². The normalized spacial score (nSPS) is 10.3. The van der Waals surface area contributed by atoms with Crippen molar-refractivity contribution in [3.63, 3.8) is 0 Å². The second-order valence-electron chi connectivity index (χ2n) is 12.6. The van der Waals surface area contributed by atoms with E-state index < -0.39 is 5.97 Å². The third kappa shape index (κ3) is 52.8. The zero-order valence-electron chi connectivity index (χ0n) is 31.3. The quantitative estimate of drug-likeness (QED) is 0.0226. The molecule has 0 N–H and O–H groups in total. The second-order valence-corrected chi connectivity index (χ2v) is 14.3. The molecule has 4 nitrogen and oxygen atoms in total. The minimum atomic E-state index is -0.505. The molecule has 0 aliphatic carbocycles. The van der Waals surface area contributed by atoms with Crippen LogP contribution in [0.1, 0.15) is 200 Å². The summed E-state index contributed by atoms with van der Waals surface area (Å²) in [4.78, 5) is 20.7. The molecule has 0 spiro atoms. The summed E-state index contributed by atoms with van der Waals surface area (Å²) in [5, 5.41) is 0. The first-order valence-electron chi connectivity index (χ1n) is 19.5. The maximum absolute atomic E-state index is 10.9. The number of esters is 2. The molecule has 0 atom stereocenters. The van der Waals surface area contributed by atoms with Gasteiger partial charge in [-0.25, -0.2) is 0 Å². The highest BCUT2D eigenvalue weighted by Gasteiger charge is 2.00. The second kappa shape index (κ2) is 48.7. The Balaban J connectivity index is -0.000000702. The molecule has 0 aromatic rings. The van der Waals surface area contributed by atoms with Gasteiger partial charge in [-0.3, -0.25) is 4.79 Å². The monoisotopic (exact) mass is 689 g/mol. The van der Waals surface area contributed by atoms with Crippen LogP contribution in [0, 0.1) is 6.58 Å². The van der Waals surface area contributed by atoms with E-state index in [-0.39, 0.29) is 5.97 Å². The number of carbonyl (C=O) groups is 2. The van der Waals surface area contributed by atoms with E-state index in [4.69, 9.17) is 0 Å². The highest BCUT2D eigenvalue weighted by molar-refractivity contribution is 7.99. The van der Waals surface area contributed by atoms with Crippen LogP contribution in [0.2, 0.25) is 0 Å². The fraction of sp³-hybridized carbons (Fsp3) is 0.900. The molecule has 6 heteroatoms. The molecule has 274 valence electrons. The molecule has 0 saturated carbocycles. The maximum Gasteiger partial charge on any atom is 0.483 e. The van der Waals surface area contributed by atoms with Gasteiger partial charge in [-0.05, 0) is 37.6 Å². The molecular formula is C40H80O4S2+2. The van der Waals surface area contributed by atoms with Crippen molar-refractivity contribution >= 4 is 36.3 Å². The summed E-state index contributed by atoms with van der Waals surface area (Å²) < 4.78 is 8.71. The van der Waals surface area contributed by atoms with Crippen LogP contribution in [0.4, 0.5) is 0 Å². The fourth-order valence-electron chi connectivity index (χ4n) is 5.15. The lowest BCUT2D eigenvalue weighted by Crippen LogP contribution is -2.01. The van der Waals surface area contributed by atoms with Gasteiger partial charge in [0.05, 0.1) is 20.1 Å². The SMILES string of the molecule is CCCCCCCCCCCCCCCCSCCC(=O)OC.CCCCCCCCCCCCCCCC[SH2+].[CH+]=CC(=O)OC. The summed E-state index contributed by atoms with van der Waals surface area (Å²) in [5.74, 6) is 2.69. The van der Waals surface area contributed by atoms with E-state index in [1.54, 1.807) is 0 Å².